The average Bonchev–Trinajstić information content (AvgIpc) is 2.20. The third-order valence-electron chi connectivity index (χ3n) is 2.14. The topological polar surface area (TPSA) is 15.3 Å². The minimum Gasteiger partial charge on any atom is -0.364 e. The fraction of sp³-hybridized carbons (Fsp3) is 0.300. The Morgan fingerprint density at radius 3 is 2.62 bits per heavy atom. The van der Waals surface area contributed by atoms with Crippen LogP contribution >= 0.6 is 0 Å². The summed E-state index contributed by atoms with van der Waals surface area (Å²) in [6.07, 6.45) is 0. The first kappa shape index (κ1) is 8.51. The van der Waals surface area contributed by atoms with Crippen molar-refractivity contribution in [1.82, 2.24) is 5.32 Å². The number of anilines is 1. The van der Waals surface area contributed by atoms with Gasteiger partial charge in [0.15, 0.2) is 0 Å². The minimum absolute atomic E-state index is 0.182. The molecule has 0 atom stereocenters. The summed E-state index contributed by atoms with van der Waals surface area (Å²) in [5.74, 6) is -0.182. The second-order valence-electron chi connectivity index (χ2n) is 3.06. The number of hydrogen-bond donors (Lipinski definition) is 1. The normalized spacial score (nSPS) is 17.5. The highest BCUT2D eigenvalue weighted by Gasteiger charge is 2.09. The van der Waals surface area contributed by atoms with E-state index in [1.807, 2.05) is 0 Å². The monoisotopic (exact) mass is 179 g/mol. The molecule has 1 heterocycles. The van der Waals surface area contributed by atoms with Gasteiger partial charge in [-0.05, 0) is 24.3 Å². The van der Waals surface area contributed by atoms with Crippen molar-refractivity contribution in [3.05, 3.63) is 36.6 Å². The van der Waals surface area contributed by atoms with Gasteiger partial charge in [0.25, 0.3) is 0 Å². The molecule has 0 unspecified atom stereocenters. The third-order valence-corrected chi connectivity index (χ3v) is 2.14. The van der Waals surface area contributed by atoms with Crippen LogP contribution < -0.4 is 10.2 Å². The van der Waals surface area contributed by atoms with Crippen LogP contribution in [0.25, 0.3) is 0 Å². The van der Waals surface area contributed by atoms with Crippen LogP contribution in [0.15, 0.2) is 24.3 Å². The van der Waals surface area contributed by atoms with E-state index in [2.05, 4.69) is 16.8 Å². The molecule has 1 N–H and O–H groups in total. The molecule has 1 aromatic carbocycles. The molecule has 1 fully saturated rings. The number of rotatable bonds is 1. The van der Waals surface area contributed by atoms with Crippen molar-refractivity contribution in [3.8, 4) is 0 Å². The van der Waals surface area contributed by atoms with Crippen molar-refractivity contribution < 1.29 is 4.39 Å². The predicted molar refractivity (Wildman–Crippen MR) is 50.9 cm³/mol. The Morgan fingerprint density at radius 2 is 2.00 bits per heavy atom. The molecule has 0 aliphatic carbocycles. The van der Waals surface area contributed by atoms with E-state index >= 15 is 0 Å². The van der Waals surface area contributed by atoms with E-state index in [4.69, 9.17) is 0 Å². The van der Waals surface area contributed by atoms with Gasteiger partial charge in [-0.3, -0.25) is 0 Å². The van der Waals surface area contributed by atoms with E-state index in [0.29, 0.717) is 0 Å². The summed E-state index contributed by atoms with van der Waals surface area (Å²) in [6.45, 7) is 4.90. The fourth-order valence-corrected chi connectivity index (χ4v) is 1.43. The molecule has 13 heavy (non-hydrogen) atoms. The lowest BCUT2D eigenvalue weighted by atomic mass is 10.2. The lowest BCUT2D eigenvalue weighted by Crippen LogP contribution is -2.39. The first-order chi connectivity index (χ1) is 6.36. The first-order valence-corrected chi connectivity index (χ1v) is 4.42. The number of nitrogens with zero attached hydrogens (tertiary/aromatic N) is 1. The standard InChI is InChI=1S/C10H12FN2/c11-9-1-3-10(4-2-9)13-7-5-12-6-8-13/h1-4,7,12H,5-6,8H2. The average molecular weight is 179 g/mol. The fourth-order valence-electron chi connectivity index (χ4n) is 1.43. The summed E-state index contributed by atoms with van der Waals surface area (Å²) in [5.41, 5.74) is 1.06. The summed E-state index contributed by atoms with van der Waals surface area (Å²) >= 11 is 0. The van der Waals surface area contributed by atoms with Crippen molar-refractivity contribution in [3.63, 3.8) is 0 Å². The molecule has 69 valence electrons. The molecule has 0 saturated carbocycles. The van der Waals surface area contributed by atoms with Crippen LogP contribution in [-0.4, -0.2) is 19.6 Å². The predicted octanol–water partition coefficient (Wildman–Crippen LogP) is 1.40. The largest absolute Gasteiger partial charge is 0.364 e. The van der Waals surface area contributed by atoms with E-state index in [0.717, 1.165) is 25.3 Å². The van der Waals surface area contributed by atoms with Crippen LogP contribution in [0.1, 0.15) is 0 Å². The number of hydrogen-bond acceptors (Lipinski definition) is 2. The number of piperazine rings is 1. The summed E-state index contributed by atoms with van der Waals surface area (Å²) in [7, 11) is 0. The van der Waals surface area contributed by atoms with Gasteiger partial charge in [-0.25, -0.2) is 4.39 Å². The van der Waals surface area contributed by atoms with Gasteiger partial charge in [0, 0.05) is 25.3 Å². The molecule has 0 spiro atoms. The van der Waals surface area contributed by atoms with E-state index < -0.39 is 0 Å². The SMILES string of the molecule is Fc1ccc(N2[CH]CNCC2)cc1. The number of nitrogens with one attached hydrogen (secondary N) is 1. The highest BCUT2D eigenvalue weighted by atomic mass is 19.1. The van der Waals surface area contributed by atoms with Gasteiger partial charge in [0.2, 0.25) is 0 Å². The van der Waals surface area contributed by atoms with Crippen LogP contribution in [0.4, 0.5) is 10.1 Å². The quantitative estimate of drug-likeness (QED) is 0.701. The molecule has 0 aromatic heterocycles. The van der Waals surface area contributed by atoms with Crippen LogP contribution in [0.5, 0.6) is 0 Å². The molecular formula is C10H12FN2. The minimum atomic E-state index is -0.182. The van der Waals surface area contributed by atoms with Crippen molar-refractivity contribution in [2.75, 3.05) is 24.5 Å². The Hall–Kier alpha value is -1.09. The first-order valence-electron chi connectivity index (χ1n) is 4.42. The summed E-state index contributed by atoms with van der Waals surface area (Å²) in [6, 6.07) is 6.59. The van der Waals surface area contributed by atoms with Crippen molar-refractivity contribution in [2.24, 2.45) is 0 Å². The molecule has 1 aliphatic heterocycles. The smallest absolute Gasteiger partial charge is 0.123 e. The maximum Gasteiger partial charge on any atom is 0.123 e. The van der Waals surface area contributed by atoms with Crippen LogP contribution in [0, 0.1) is 12.4 Å². The molecule has 0 bridgehead atoms. The summed E-state index contributed by atoms with van der Waals surface area (Å²) in [4.78, 5) is 2.13. The number of benzene rings is 1. The lowest BCUT2D eigenvalue weighted by molar-refractivity contribution is 0.624. The van der Waals surface area contributed by atoms with Gasteiger partial charge in [-0.1, -0.05) is 0 Å². The molecular weight excluding hydrogens is 167 g/mol. The molecule has 1 radical (unpaired) electrons. The zero-order chi connectivity index (χ0) is 9.10. The Morgan fingerprint density at radius 1 is 1.23 bits per heavy atom. The Kier molecular flexibility index (Phi) is 2.45. The van der Waals surface area contributed by atoms with Gasteiger partial charge >= 0.3 is 0 Å². The Labute approximate surface area is 77.4 Å². The Balaban J connectivity index is 2.10. The molecule has 2 nitrogen and oxygen atoms in total. The maximum absolute atomic E-state index is 12.6. The highest BCUT2D eigenvalue weighted by Crippen LogP contribution is 2.16. The highest BCUT2D eigenvalue weighted by molar-refractivity contribution is 5.48. The molecule has 0 amide bonds. The Bertz CT molecular complexity index is 265. The third kappa shape index (κ3) is 1.98. The van der Waals surface area contributed by atoms with Crippen LogP contribution in [0.2, 0.25) is 0 Å². The van der Waals surface area contributed by atoms with E-state index in [1.165, 1.54) is 12.1 Å². The summed E-state index contributed by atoms with van der Waals surface area (Å²) < 4.78 is 12.6. The molecule has 1 aromatic rings. The van der Waals surface area contributed by atoms with E-state index in [-0.39, 0.29) is 5.82 Å². The van der Waals surface area contributed by atoms with E-state index in [1.54, 1.807) is 12.1 Å². The van der Waals surface area contributed by atoms with E-state index in [9.17, 15) is 4.39 Å². The molecule has 1 aliphatic rings. The van der Waals surface area contributed by atoms with Gasteiger partial charge in [0.05, 0.1) is 6.54 Å². The van der Waals surface area contributed by atoms with Crippen LogP contribution in [0.3, 0.4) is 0 Å². The molecule has 1 saturated heterocycles. The van der Waals surface area contributed by atoms with Gasteiger partial charge in [-0.2, -0.15) is 0 Å². The van der Waals surface area contributed by atoms with Crippen molar-refractivity contribution in [2.45, 2.75) is 0 Å². The zero-order valence-corrected chi connectivity index (χ0v) is 7.33. The molecule has 3 heteroatoms. The second-order valence-corrected chi connectivity index (χ2v) is 3.06. The van der Waals surface area contributed by atoms with Crippen molar-refractivity contribution >= 4 is 5.69 Å². The zero-order valence-electron chi connectivity index (χ0n) is 7.33. The number of halogens is 1. The summed E-state index contributed by atoms with van der Waals surface area (Å²) in [5, 5.41) is 3.22. The van der Waals surface area contributed by atoms with Crippen molar-refractivity contribution in [1.29, 1.82) is 0 Å². The van der Waals surface area contributed by atoms with Gasteiger partial charge < -0.3 is 10.2 Å². The maximum atomic E-state index is 12.6. The van der Waals surface area contributed by atoms with Crippen LogP contribution in [-0.2, 0) is 0 Å². The van der Waals surface area contributed by atoms with Gasteiger partial charge in [0.1, 0.15) is 5.82 Å². The van der Waals surface area contributed by atoms with Gasteiger partial charge in [-0.15, -0.1) is 0 Å². The second kappa shape index (κ2) is 3.75. The molecule has 2 rings (SSSR count). The lowest BCUT2D eigenvalue weighted by Gasteiger charge is -2.28.